The van der Waals surface area contributed by atoms with Crippen LogP contribution in [0.4, 0.5) is 5.69 Å². The summed E-state index contributed by atoms with van der Waals surface area (Å²) in [6, 6.07) is 5.59. The highest BCUT2D eigenvalue weighted by molar-refractivity contribution is 5.97. The number of rotatable bonds is 3. The van der Waals surface area contributed by atoms with Crippen molar-refractivity contribution in [1.29, 1.82) is 0 Å². The molecule has 5 heteroatoms. The van der Waals surface area contributed by atoms with E-state index in [-0.39, 0.29) is 23.8 Å². The molecule has 5 nitrogen and oxygen atoms in total. The van der Waals surface area contributed by atoms with E-state index in [1.807, 2.05) is 12.1 Å². The van der Waals surface area contributed by atoms with Gasteiger partial charge in [0.25, 0.3) is 5.91 Å². The normalized spacial score (nSPS) is 23.0. The molecule has 1 aromatic rings. The summed E-state index contributed by atoms with van der Waals surface area (Å²) in [5.74, 6) is 0.198. The van der Waals surface area contributed by atoms with E-state index in [9.17, 15) is 14.7 Å². The number of anilines is 1. The summed E-state index contributed by atoms with van der Waals surface area (Å²) in [6.45, 7) is 2.85. The van der Waals surface area contributed by atoms with Crippen LogP contribution in [0.15, 0.2) is 18.2 Å². The lowest BCUT2D eigenvalue weighted by Crippen LogP contribution is -2.38. The molecule has 1 fully saturated rings. The second-order valence-corrected chi connectivity index (χ2v) is 7.06. The molecule has 2 amide bonds. The fourth-order valence-corrected chi connectivity index (χ4v) is 3.92. The van der Waals surface area contributed by atoms with E-state index < -0.39 is 0 Å². The minimum absolute atomic E-state index is 0.0168. The summed E-state index contributed by atoms with van der Waals surface area (Å²) in [5, 5.41) is 10.1. The number of hydrogen-bond donors (Lipinski definition) is 1. The Morgan fingerprint density at radius 3 is 2.75 bits per heavy atom. The topological polar surface area (TPSA) is 60.9 Å². The van der Waals surface area contributed by atoms with Crippen LogP contribution in [0, 0.1) is 5.92 Å². The molecule has 2 atom stereocenters. The van der Waals surface area contributed by atoms with Crippen LogP contribution in [-0.2, 0) is 11.2 Å². The van der Waals surface area contributed by atoms with Crippen molar-refractivity contribution in [3.63, 3.8) is 0 Å². The molecule has 1 heterocycles. The summed E-state index contributed by atoms with van der Waals surface area (Å²) in [4.78, 5) is 27.8. The molecule has 2 unspecified atom stereocenters. The van der Waals surface area contributed by atoms with Gasteiger partial charge in [-0.1, -0.05) is 12.8 Å². The van der Waals surface area contributed by atoms with E-state index in [1.165, 1.54) is 0 Å². The Hall–Kier alpha value is -1.88. The lowest BCUT2D eigenvalue weighted by Gasteiger charge is -2.31. The first-order valence-electron chi connectivity index (χ1n) is 8.82. The van der Waals surface area contributed by atoms with E-state index in [2.05, 4.69) is 0 Å². The minimum Gasteiger partial charge on any atom is -0.393 e. The molecule has 1 saturated carbocycles. The number of hydrogen-bond acceptors (Lipinski definition) is 3. The minimum atomic E-state index is -0.293. The Morgan fingerprint density at radius 1 is 1.29 bits per heavy atom. The third kappa shape index (κ3) is 3.31. The van der Waals surface area contributed by atoms with Crippen molar-refractivity contribution in [2.75, 3.05) is 25.0 Å². The highest BCUT2D eigenvalue weighted by Crippen LogP contribution is 2.30. The van der Waals surface area contributed by atoms with E-state index in [0.29, 0.717) is 18.7 Å². The molecule has 0 radical (unpaired) electrons. The second-order valence-electron chi connectivity index (χ2n) is 7.06. The number of aliphatic hydroxyl groups excluding tert-OH is 1. The molecule has 0 bridgehead atoms. The average molecular weight is 330 g/mol. The summed E-state index contributed by atoms with van der Waals surface area (Å²) >= 11 is 0. The van der Waals surface area contributed by atoms with E-state index in [4.69, 9.17) is 0 Å². The smallest absolute Gasteiger partial charge is 0.253 e. The Bertz CT molecular complexity index is 643. The van der Waals surface area contributed by atoms with Gasteiger partial charge in [0.05, 0.1) is 6.10 Å². The molecule has 1 N–H and O–H groups in total. The zero-order chi connectivity index (χ0) is 17.3. The Morgan fingerprint density at radius 2 is 2.04 bits per heavy atom. The number of fused-ring (bicyclic) bond motifs is 1. The maximum Gasteiger partial charge on any atom is 0.253 e. The first kappa shape index (κ1) is 17.0. The Labute approximate surface area is 143 Å². The van der Waals surface area contributed by atoms with Crippen molar-refractivity contribution in [1.82, 2.24) is 4.90 Å². The molecule has 0 spiro atoms. The standard InChI is InChI=1S/C19H26N2O3/c1-13(22)21-10-9-14-11-15(7-8-17(14)21)19(24)20(2)12-16-5-3-4-6-18(16)23/h7-8,11,16,18,23H,3-6,9-10,12H2,1-2H3. The van der Waals surface area contributed by atoms with Crippen LogP contribution in [-0.4, -0.2) is 48.1 Å². The summed E-state index contributed by atoms with van der Waals surface area (Å²) < 4.78 is 0. The Balaban J connectivity index is 1.70. The number of benzene rings is 1. The van der Waals surface area contributed by atoms with Crippen LogP contribution in [0.2, 0.25) is 0 Å². The fourth-order valence-electron chi connectivity index (χ4n) is 3.92. The zero-order valence-corrected chi connectivity index (χ0v) is 14.5. The molecule has 3 rings (SSSR count). The quantitative estimate of drug-likeness (QED) is 0.924. The molecular weight excluding hydrogens is 304 g/mol. The van der Waals surface area contributed by atoms with Gasteiger partial charge in [-0.05, 0) is 43.0 Å². The molecule has 2 aliphatic rings. The van der Waals surface area contributed by atoms with Crippen LogP contribution < -0.4 is 4.90 Å². The van der Waals surface area contributed by atoms with E-state index in [1.54, 1.807) is 29.8 Å². The van der Waals surface area contributed by atoms with Gasteiger partial charge in [-0.15, -0.1) is 0 Å². The first-order chi connectivity index (χ1) is 11.5. The van der Waals surface area contributed by atoms with Gasteiger partial charge in [0, 0.05) is 44.2 Å². The summed E-state index contributed by atoms with van der Waals surface area (Å²) in [6.07, 6.45) is 4.53. The number of carbonyl (C=O) groups is 2. The largest absolute Gasteiger partial charge is 0.393 e. The van der Waals surface area contributed by atoms with Crippen LogP contribution in [0.1, 0.15) is 48.5 Å². The van der Waals surface area contributed by atoms with Gasteiger partial charge >= 0.3 is 0 Å². The third-order valence-electron chi connectivity index (χ3n) is 5.33. The number of nitrogens with zero attached hydrogens (tertiary/aromatic N) is 2. The van der Waals surface area contributed by atoms with Crippen LogP contribution in [0.3, 0.4) is 0 Å². The first-order valence-corrected chi connectivity index (χ1v) is 8.82. The van der Waals surface area contributed by atoms with Crippen molar-refractivity contribution in [3.8, 4) is 0 Å². The monoisotopic (exact) mass is 330 g/mol. The van der Waals surface area contributed by atoms with Crippen LogP contribution in [0.5, 0.6) is 0 Å². The number of aliphatic hydroxyl groups is 1. The third-order valence-corrected chi connectivity index (χ3v) is 5.33. The summed E-state index contributed by atoms with van der Waals surface area (Å²) in [7, 11) is 1.80. The molecule has 130 valence electrons. The van der Waals surface area contributed by atoms with Gasteiger partial charge in [-0.2, -0.15) is 0 Å². The van der Waals surface area contributed by atoms with Crippen LogP contribution >= 0.6 is 0 Å². The van der Waals surface area contributed by atoms with Crippen molar-refractivity contribution < 1.29 is 14.7 Å². The number of amides is 2. The molecule has 1 aliphatic heterocycles. The van der Waals surface area contributed by atoms with Gasteiger partial charge in [-0.3, -0.25) is 9.59 Å². The van der Waals surface area contributed by atoms with E-state index in [0.717, 1.165) is 43.4 Å². The maximum atomic E-state index is 12.7. The van der Waals surface area contributed by atoms with Gasteiger partial charge in [0.2, 0.25) is 5.91 Å². The molecule has 0 aromatic heterocycles. The highest BCUT2D eigenvalue weighted by Gasteiger charge is 2.27. The highest BCUT2D eigenvalue weighted by atomic mass is 16.3. The maximum absolute atomic E-state index is 12.7. The van der Waals surface area contributed by atoms with E-state index >= 15 is 0 Å². The van der Waals surface area contributed by atoms with Gasteiger partial charge in [-0.25, -0.2) is 0 Å². The van der Waals surface area contributed by atoms with Crippen molar-refractivity contribution in [2.24, 2.45) is 5.92 Å². The molecule has 1 aromatic carbocycles. The van der Waals surface area contributed by atoms with Crippen molar-refractivity contribution in [2.45, 2.75) is 45.1 Å². The predicted octanol–water partition coefficient (Wildman–Crippen LogP) is 2.22. The second kappa shape index (κ2) is 6.93. The lowest BCUT2D eigenvalue weighted by molar-refractivity contribution is -0.116. The Kier molecular flexibility index (Phi) is 4.90. The average Bonchev–Trinajstić information content (AvgIpc) is 2.99. The zero-order valence-electron chi connectivity index (χ0n) is 14.5. The molecular formula is C19H26N2O3. The lowest BCUT2D eigenvalue weighted by atomic mass is 9.86. The van der Waals surface area contributed by atoms with Gasteiger partial charge < -0.3 is 14.9 Å². The predicted molar refractivity (Wildman–Crippen MR) is 93.1 cm³/mol. The molecule has 1 aliphatic carbocycles. The van der Waals surface area contributed by atoms with Gasteiger partial charge in [0.15, 0.2) is 0 Å². The molecule has 0 saturated heterocycles. The fraction of sp³-hybridized carbons (Fsp3) is 0.579. The van der Waals surface area contributed by atoms with Crippen molar-refractivity contribution >= 4 is 17.5 Å². The van der Waals surface area contributed by atoms with Crippen molar-refractivity contribution in [3.05, 3.63) is 29.3 Å². The number of carbonyl (C=O) groups excluding carboxylic acids is 2. The van der Waals surface area contributed by atoms with Crippen LogP contribution in [0.25, 0.3) is 0 Å². The molecule has 24 heavy (non-hydrogen) atoms. The van der Waals surface area contributed by atoms with Gasteiger partial charge in [0.1, 0.15) is 0 Å². The SMILES string of the molecule is CC(=O)N1CCc2cc(C(=O)N(C)CC3CCCCC3O)ccc21. The summed E-state index contributed by atoms with van der Waals surface area (Å²) in [5.41, 5.74) is 2.64.